The minimum atomic E-state index is -0.394. The number of anilines is 1. The van der Waals surface area contributed by atoms with Gasteiger partial charge in [-0.25, -0.2) is 4.39 Å². The number of amides is 1. The molecular weight excluding hydrogens is 255 g/mol. The van der Waals surface area contributed by atoms with Crippen molar-refractivity contribution in [3.05, 3.63) is 65.0 Å². The number of nitrogen functional groups attached to an aromatic ring is 1. The molecule has 3 nitrogen and oxygen atoms in total. The summed E-state index contributed by atoms with van der Waals surface area (Å²) in [6, 6.07) is 11.7. The summed E-state index contributed by atoms with van der Waals surface area (Å²) in [7, 11) is 1.69. The van der Waals surface area contributed by atoms with Gasteiger partial charge in [-0.3, -0.25) is 4.79 Å². The van der Waals surface area contributed by atoms with Gasteiger partial charge in [-0.1, -0.05) is 12.1 Å². The Balaban J connectivity index is 2.14. The average Bonchev–Trinajstić information content (AvgIpc) is 2.39. The van der Waals surface area contributed by atoms with Gasteiger partial charge in [-0.05, 0) is 48.4 Å². The molecule has 1 amide bonds. The van der Waals surface area contributed by atoms with Crippen LogP contribution in [0.5, 0.6) is 0 Å². The first kappa shape index (κ1) is 14.1. The molecule has 2 aromatic rings. The Kier molecular flexibility index (Phi) is 4.03. The van der Waals surface area contributed by atoms with Crippen LogP contribution in [0.1, 0.15) is 21.5 Å². The highest BCUT2D eigenvalue weighted by atomic mass is 19.1. The standard InChI is InChI=1S/C16H17FN2O/c1-11-7-13(9-14(17)8-11)16(20)19(2)10-12-3-5-15(18)6-4-12/h3-9H,10,18H2,1-2H3. The molecule has 0 unspecified atom stereocenters. The highest BCUT2D eigenvalue weighted by Gasteiger charge is 2.13. The zero-order valence-corrected chi connectivity index (χ0v) is 11.6. The fourth-order valence-corrected chi connectivity index (χ4v) is 2.05. The number of benzene rings is 2. The predicted molar refractivity (Wildman–Crippen MR) is 77.8 cm³/mol. The van der Waals surface area contributed by atoms with Crippen LogP contribution in [-0.2, 0) is 6.54 Å². The van der Waals surface area contributed by atoms with Crippen molar-refractivity contribution < 1.29 is 9.18 Å². The molecular formula is C16H17FN2O. The number of carbonyl (C=O) groups is 1. The second kappa shape index (κ2) is 5.74. The highest BCUT2D eigenvalue weighted by molar-refractivity contribution is 5.94. The smallest absolute Gasteiger partial charge is 0.254 e. The lowest BCUT2D eigenvalue weighted by Gasteiger charge is -2.18. The van der Waals surface area contributed by atoms with E-state index in [0.717, 1.165) is 11.1 Å². The van der Waals surface area contributed by atoms with Crippen LogP contribution in [0.3, 0.4) is 0 Å². The molecule has 0 radical (unpaired) electrons. The monoisotopic (exact) mass is 272 g/mol. The number of nitrogens with zero attached hydrogens (tertiary/aromatic N) is 1. The van der Waals surface area contributed by atoms with Crippen molar-refractivity contribution in [1.29, 1.82) is 0 Å². The zero-order valence-electron chi connectivity index (χ0n) is 11.6. The molecule has 20 heavy (non-hydrogen) atoms. The van der Waals surface area contributed by atoms with Gasteiger partial charge in [0.2, 0.25) is 0 Å². The van der Waals surface area contributed by atoms with Crippen molar-refractivity contribution in [2.45, 2.75) is 13.5 Å². The fourth-order valence-electron chi connectivity index (χ4n) is 2.05. The average molecular weight is 272 g/mol. The molecule has 2 aromatic carbocycles. The van der Waals surface area contributed by atoms with E-state index in [1.165, 1.54) is 12.1 Å². The summed E-state index contributed by atoms with van der Waals surface area (Å²) in [6.07, 6.45) is 0. The molecule has 4 heteroatoms. The lowest BCUT2D eigenvalue weighted by atomic mass is 10.1. The Hall–Kier alpha value is -2.36. The third-order valence-corrected chi connectivity index (χ3v) is 3.04. The van der Waals surface area contributed by atoms with Gasteiger partial charge in [0.15, 0.2) is 0 Å². The van der Waals surface area contributed by atoms with E-state index in [0.29, 0.717) is 17.8 Å². The van der Waals surface area contributed by atoms with Crippen LogP contribution in [0.15, 0.2) is 42.5 Å². The third-order valence-electron chi connectivity index (χ3n) is 3.04. The van der Waals surface area contributed by atoms with Crippen LogP contribution in [0.4, 0.5) is 10.1 Å². The molecule has 0 saturated heterocycles. The number of hydrogen-bond donors (Lipinski definition) is 1. The summed E-state index contributed by atoms with van der Waals surface area (Å²) < 4.78 is 13.3. The van der Waals surface area contributed by atoms with Crippen LogP contribution in [0.2, 0.25) is 0 Å². The summed E-state index contributed by atoms with van der Waals surface area (Å²) in [6.45, 7) is 2.22. The van der Waals surface area contributed by atoms with Gasteiger partial charge in [-0.15, -0.1) is 0 Å². The second-order valence-corrected chi connectivity index (χ2v) is 4.92. The van der Waals surface area contributed by atoms with E-state index in [2.05, 4.69) is 0 Å². The molecule has 0 saturated carbocycles. The SMILES string of the molecule is Cc1cc(F)cc(C(=O)N(C)Cc2ccc(N)cc2)c1. The van der Waals surface area contributed by atoms with E-state index in [4.69, 9.17) is 5.73 Å². The summed E-state index contributed by atoms with van der Waals surface area (Å²) >= 11 is 0. The molecule has 2 N–H and O–H groups in total. The van der Waals surface area contributed by atoms with E-state index < -0.39 is 5.82 Å². The Morgan fingerprint density at radius 3 is 2.45 bits per heavy atom. The quantitative estimate of drug-likeness (QED) is 0.873. The summed E-state index contributed by atoms with van der Waals surface area (Å²) in [4.78, 5) is 13.8. The molecule has 0 aliphatic rings. The lowest BCUT2D eigenvalue weighted by Crippen LogP contribution is -2.26. The third kappa shape index (κ3) is 3.35. The van der Waals surface area contributed by atoms with Gasteiger partial charge in [0, 0.05) is 24.8 Å². The second-order valence-electron chi connectivity index (χ2n) is 4.92. The van der Waals surface area contributed by atoms with Crippen LogP contribution in [0.25, 0.3) is 0 Å². The van der Waals surface area contributed by atoms with E-state index in [9.17, 15) is 9.18 Å². The molecule has 0 bridgehead atoms. The Labute approximate surface area is 117 Å². The number of halogens is 1. The maximum Gasteiger partial charge on any atom is 0.254 e. The van der Waals surface area contributed by atoms with Crippen LogP contribution < -0.4 is 5.73 Å². The fraction of sp³-hybridized carbons (Fsp3) is 0.188. The Bertz CT molecular complexity index is 603. The van der Waals surface area contributed by atoms with Crippen molar-refractivity contribution in [2.75, 3.05) is 12.8 Å². The Morgan fingerprint density at radius 1 is 1.20 bits per heavy atom. The largest absolute Gasteiger partial charge is 0.399 e. The molecule has 0 atom stereocenters. The minimum Gasteiger partial charge on any atom is -0.399 e. The number of hydrogen-bond acceptors (Lipinski definition) is 2. The molecule has 0 heterocycles. The van der Waals surface area contributed by atoms with Crippen LogP contribution in [0, 0.1) is 12.7 Å². The highest BCUT2D eigenvalue weighted by Crippen LogP contribution is 2.13. The molecule has 2 rings (SSSR count). The summed E-state index contributed by atoms with van der Waals surface area (Å²) in [5.74, 6) is -0.598. The van der Waals surface area contributed by atoms with Crippen LogP contribution >= 0.6 is 0 Å². The van der Waals surface area contributed by atoms with Gasteiger partial charge in [0.25, 0.3) is 5.91 Å². The molecule has 0 aromatic heterocycles. The molecule has 104 valence electrons. The number of nitrogens with two attached hydrogens (primary N) is 1. The molecule has 0 fully saturated rings. The molecule has 0 aliphatic heterocycles. The zero-order chi connectivity index (χ0) is 14.7. The van der Waals surface area contributed by atoms with Crippen LogP contribution in [-0.4, -0.2) is 17.9 Å². The Morgan fingerprint density at radius 2 is 1.85 bits per heavy atom. The van der Waals surface area contributed by atoms with E-state index in [1.807, 2.05) is 12.1 Å². The maximum absolute atomic E-state index is 13.3. The van der Waals surface area contributed by atoms with E-state index in [-0.39, 0.29) is 5.91 Å². The van der Waals surface area contributed by atoms with Crippen molar-refractivity contribution in [3.8, 4) is 0 Å². The summed E-state index contributed by atoms with van der Waals surface area (Å²) in [5, 5.41) is 0. The maximum atomic E-state index is 13.3. The van der Waals surface area contributed by atoms with E-state index in [1.54, 1.807) is 37.1 Å². The van der Waals surface area contributed by atoms with Gasteiger partial charge >= 0.3 is 0 Å². The first-order valence-electron chi connectivity index (χ1n) is 6.33. The number of aryl methyl sites for hydroxylation is 1. The normalized spacial score (nSPS) is 10.3. The first-order valence-corrected chi connectivity index (χ1v) is 6.33. The lowest BCUT2D eigenvalue weighted by molar-refractivity contribution is 0.0784. The van der Waals surface area contributed by atoms with Gasteiger partial charge in [-0.2, -0.15) is 0 Å². The van der Waals surface area contributed by atoms with Gasteiger partial charge < -0.3 is 10.6 Å². The molecule has 0 aliphatic carbocycles. The summed E-state index contributed by atoms with van der Waals surface area (Å²) in [5.41, 5.74) is 8.37. The number of rotatable bonds is 3. The van der Waals surface area contributed by atoms with Gasteiger partial charge in [0.05, 0.1) is 0 Å². The van der Waals surface area contributed by atoms with Crippen molar-refractivity contribution in [1.82, 2.24) is 4.90 Å². The van der Waals surface area contributed by atoms with Crippen molar-refractivity contribution in [2.24, 2.45) is 0 Å². The molecule has 0 spiro atoms. The van der Waals surface area contributed by atoms with E-state index >= 15 is 0 Å². The number of carbonyl (C=O) groups excluding carboxylic acids is 1. The topological polar surface area (TPSA) is 46.3 Å². The minimum absolute atomic E-state index is 0.204. The van der Waals surface area contributed by atoms with Crippen molar-refractivity contribution in [3.63, 3.8) is 0 Å². The van der Waals surface area contributed by atoms with Crippen molar-refractivity contribution >= 4 is 11.6 Å². The first-order chi connectivity index (χ1) is 9.45. The predicted octanol–water partition coefficient (Wildman–Crippen LogP) is 2.99. The van der Waals surface area contributed by atoms with Gasteiger partial charge in [0.1, 0.15) is 5.82 Å².